The predicted molar refractivity (Wildman–Crippen MR) is 114 cm³/mol. The normalized spacial score (nSPS) is 11.4. The molecule has 6 nitrogen and oxygen atoms in total. The summed E-state index contributed by atoms with van der Waals surface area (Å²) < 4.78 is 46.2. The smallest absolute Gasteiger partial charge is 0.420 e. The molecule has 3 rings (SSSR count). The molecule has 0 aliphatic carbocycles. The highest BCUT2D eigenvalue weighted by Crippen LogP contribution is 2.40. The monoisotopic (exact) mass is 450 g/mol. The Bertz CT molecular complexity index is 1050. The first kappa shape index (κ1) is 22.5. The van der Waals surface area contributed by atoms with Gasteiger partial charge in [0.15, 0.2) is 5.13 Å². The van der Waals surface area contributed by atoms with Crippen molar-refractivity contribution >= 4 is 28.2 Å². The quantitative estimate of drug-likeness (QED) is 0.453. The number of urea groups is 1. The van der Waals surface area contributed by atoms with E-state index in [1.165, 1.54) is 12.1 Å². The van der Waals surface area contributed by atoms with Crippen LogP contribution < -0.4 is 15.4 Å². The predicted octanol–water partition coefficient (Wildman–Crippen LogP) is 5.93. The molecule has 0 atom stereocenters. The lowest BCUT2D eigenvalue weighted by Crippen LogP contribution is -2.31. The zero-order chi connectivity index (χ0) is 22.6. The minimum Gasteiger partial charge on any atom is -0.493 e. The molecule has 0 saturated heterocycles. The summed E-state index contributed by atoms with van der Waals surface area (Å²) in [7, 11) is 0. The van der Waals surface area contributed by atoms with Crippen molar-refractivity contribution in [3.63, 3.8) is 0 Å². The molecule has 0 unspecified atom stereocenters. The van der Waals surface area contributed by atoms with Crippen LogP contribution in [0, 0.1) is 6.92 Å². The Hall–Kier alpha value is -3.14. The fraction of sp³-hybridized carbons (Fsp3) is 0.286. The number of nitrogens with two attached hydrogens (primary N) is 1. The van der Waals surface area contributed by atoms with E-state index in [0.29, 0.717) is 17.7 Å². The summed E-state index contributed by atoms with van der Waals surface area (Å²) in [4.78, 5) is 21.7. The molecule has 3 aromatic rings. The molecule has 0 bridgehead atoms. The number of rotatable bonds is 7. The number of benzene rings is 1. The SMILES string of the molecule is CCCCOc1ccc(N(C(N)=O)c2nc(-c3ccc(C)nc3)cs2)cc1C(F)(F)F. The largest absolute Gasteiger partial charge is 0.493 e. The van der Waals surface area contributed by atoms with Crippen LogP contribution in [-0.2, 0) is 6.18 Å². The summed E-state index contributed by atoms with van der Waals surface area (Å²) in [5, 5.41) is 1.83. The van der Waals surface area contributed by atoms with Crippen molar-refractivity contribution in [3.8, 4) is 17.0 Å². The summed E-state index contributed by atoms with van der Waals surface area (Å²) in [5.74, 6) is -0.292. The summed E-state index contributed by atoms with van der Waals surface area (Å²) in [5.41, 5.74) is 6.55. The number of hydrogen-bond donors (Lipinski definition) is 1. The zero-order valence-electron chi connectivity index (χ0n) is 16.9. The Morgan fingerprint density at radius 3 is 2.65 bits per heavy atom. The molecule has 0 fully saturated rings. The molecule has 2 N–H and O–H groups in total. The van der Waals surface area contributed by atoms with E-state index in [2.05, 4.69) is 9.97 Å². The van der Waals surface area contributed by atoms with Crippen LogP contribution in [0.2, 0.25) is 0 Å². The van der Waals surface area contributed by atoms with E-state index < -0.39 is 17.8 Å². The minimum atomic E-state index is -4.66. The van der Waals surface area contributed by atoms with Gasteiger partial charge in [-0.1, -0.05) is 13.3 Å². The molecule has 0 saturated carbocycles. The minimum absolute atomic E-state index is 0.0504. The Morgan fingerprint density at radius 2 is 2.03 bits per heavy atom. The highest BCUT2D eigenvalue weighted by Gasteiger charge is 2.36. The fourth-order valence-electron chi connectivity index (χ4n) is 2.78. The maximum atomic E-state index is 13.6. The number of aromatic nitrogens is 2. The summed E-state index contributed by atoms with van der Waals surface area (Å²) in [6, 6.07) is 6.08. The number of anilines is 2. The molecule has 10 heteroatoms. The number of thiazole rings is 1. The van der Waals surface area contributed by atoms with Gasteiger partial charge < -0.3 is 10.5 Å². The number of hydrogen-bond acceptors (Lipinski definition) is 5. The van der Waals surface area contributed by atoms with E-state index in [-0.39, 0.29) is 23.2 Å². The van der Waals surface area contributed by atoms with E-state index in [1.807, 2.05) is 26.0 Å². The van der Waals surface area contributed by atoms with Crippen LogP contribution in [0.1, 0.15) is 31.0 Å². The van der Waals surface area contributed by atoms with E-state index in [4.69, 9.17) is 10.5 Å². The number of carbonyl (C=O) groups is 1. The van der Waals surface area contributed by atoms with Gasteiger partial charge in [0, 0.05) is 22.8 Å². The third kappa shape index (κ3) is 5.32. The molecule has 0 radical (unpaired) electrons. The molecular weight excluding hydrogens is 429 g/mol. The van der Waals surface area contributed by atoms with Gasteiger partial charge in [0.25, 0.3) is 0 Å². The van der Waals surface area contributed by atoms with Crippen LogP contribution in [0.4, 0.5) is 28.8 Å². The fourth-order valence-corrected chi connectivity index (χ4v) is 3.64. The van der Waals surface area contributed by atoms with Crippen molar-refractivity contribution < 1.29 is 22.7 Å². The van der Waals surface area contributed by atoms with Crippen LogP contribution in [0.15, 0.2) is 41.9 Å². The standard InChI is InChI=1S/C21H21F3N4O2S/c1-3-4-9-30-18-8-7-15(10-16(18)21(22,23)24)28(19(25)29)20-27-17(12-31-20)14-6-5-13(2)26-11-14/h5-8,10-12H,3-4,9H2,1-2H3,(H2,25,29). The lowest BCUT2D eigenvalue weighted by molar-refractivity contribution is -0.138. The highest BCUT2D eigenvalue weighted by molar-refractivity contribution is 7.14. The van der Waals surface area contributed by atoms with Gasteiger partial charge in [-0.2, -0.15) is 13.2 Å². The van der Waals surface area contributed by atoms with Gasteiger partial charge in [0.1, 0.15) is 5.75 Å². The second-order valence-corrected chi connectivity index (χ2v) is 7.59. The van der Waals surface area contributed by atoms with E-state index in [1.54, 1.807) is 11.6 Å². The Kier molecular flexibility index (Phi) is 6.79. The lowest BCUT2D eigenvalue weighted by atomic mass is 10.1. The average Bonchev–Trinajstić information content (AvgIpc) is 3.18. The van der Waals surface area contributed by atoms with Crippen molar-refractivity contribution in [1.29, 1.82) is 0 Å². The first-order valence-electron chi connectivity index (χ1n) is 9.53. The zero-order valence-corrected chi connectivity index (χ0v) is 17.8. The Labute approximate surface area is 181 Å². The highest BCUT2D eigenvalue weighted by atomic mass is 32.1. The first-order chi connectivity index (χ1) is 14.7. The van der Waals surface area contributed by atoms with Gasteiger partial charge >= 0.3 is 12.2 Å². The molecule has 2 aromatic heterocycles. The van der Waals surface area contributed by atoms with Crippen LogP contribution in [0.25, 0.3) is 11.3 Å². The van der Waals surface area contributed by atoms with Crippen LogP contribution in [0.5, 0.6) is 5.75 Å². The molecule has 0 spiro atoms. The number of aryl methyl sites for hydroxylation is 1. The van der Waals surface area contributed by atoms with E-state index in [0.717, 1.165) is 34.4 Å². The number of primary amides is 1. The third-order valence-electron chi connectivity index (χ3n) is 4.39. The van der Waals surface area contributed by atoms with Crippen molar-refractivity contribution in [1.82, 2.24) is 9.97 Å². The van der Waals surface area contributed by atoms with E-state index in [9.17, 15) is 18.0 Å². The maximum Gasteiger partial charge on any atom is 0.420 e. The number of ether oxygens (including phenoxy) is 1. The Balaban J connectivity index is 1.98. The number of alkyl halides is 3. The number of amides is 2. The maximum absolute atomic E-state index is 13.6. The van der Waals surface area contributed by atoms with Crippen LogP contribution >= 0.6 is 11.3 Å². The van der Waals surface area contributed by atoms with Crippen LogP contribution in [-0.4, -0.2) is 22.6 Å². The van der Waals surface area contributed by atoms with Gasteiger partial charge in [-0.3, -0.25) is 4.98 Å². The molecule has 2 heterocycles. The molecule has 2 amide bonds. The molecular formula is C21H21F3N4O2S. The van der Waals surface area contributed by atoms with Gasteiger partial charge in [-0.05, 0) is 43.7 Å². The van der Waals surface area contributed by atoms with Crippen molar-refractivity contribution in [2.75, 3.05) is 11.5 Å². The Morgan fingerprint density at radius 1 is 1.26 bits per heavy atom. The number of halogens is 3. The topological polar surface area (TPSA) is 81.3 Å². The van der Waals surface area contributed by atoms with Crippen molar-refractivity contribution in [2.24, 2.45) is 5.73 Å². The second kappa shape index (κ2) is 9.34. The third-order valence-corrected chi connectivity index (χ3v) is 5.22. The molecule has 0 aliphatic rings. The van der Waals surface area contributed by atoms with Gasteiger partial charge in [0.2, 0.25) is 0 Å². The molecule has 164 valence electrons. The molecule has 31 heavy (non-hydrogen) atoms. The molecule has 0 aliphatic heterocycles. The summed E-state index contributed by atoms with van der Waals surface area (Å²) in [6.45, 7) is 3.93. The second-order valence-electron chi connectivity index (χ2n) is 6.76. The van der Waals surface area contributed by atoms with Crippen LogP contribution in [0.3, 0.4) is 0 Å². The summed E-state index contributed by atoms with van der Waals surface area (Å²) in [6.07, 6.45) is -1.62. The number of carbonyl (C=O) groups excluding carboxylic acids is 1. The number of pyridine rings is 1. The van der Waals surface area contributed by atoms with Gasteiger partial charge in [0.05, 0.1) is 23.6 Å². The van der Waals surface area contributed by atoms with Crippen molar-refractivity contribution in [3.05, 3.63) is 53.2 Å². The van der Waals surface area contributed by atoms with Gasteiger partial charge in [-0.15, -0.1) is 11.3 Å². The lowest BCUT2D eigenvalue weighted by Gasteiger charge is -2.21. The number of unbranched alkanes of at least 4 members (excludes halogenated alkanes) is 1. The van der Waals surface area contributed by atoms with Crippen molar-refractivity contribution in [2.45, 2.75) is 32.9 Å². The van der Waals surface area contributed by atoms with Gasteiger partial charge in [-0.25, -0.2) is 14.7 Å². The summed E-state index contributed by atoms with van der Waals surface area (Å²) >= 11 is 1.09. The molecule has 1 aromatic carbocycles. The number of nitrogens with zero attached hydrogens (tertiary/aromatic N) is 3. The van der Waals surface area contributed by atoms with E-state index >= 15 is 0 Å². The average molecular weight is 450 g/mol. The first-order valence-corrected chi connectivity index (χ1v) is 10.4.